The first-order chi connectivity index (χ1) is 13.8. The number of aromatic nitrogens is 1. The van der Waals surface area contributed by atoms with Crippen molar-refractivity contribution in [2.75, 3.05) is 6.54 Å². The topological polar surface area (TPSA) is 76.1 Å². The summed E-state index contributed by atoms with van der Waals surface area (Å²) in [5.41, 5.74) is 1.07. The van der Waals surface area contributed by atoms with Crippen LogP contribution in [0.3, 0.4) is 0 Å². The van der Waals surface area contributed by atoms with Crippen molar-refractivity contribution in [3.8, 4) is 0 Å². The molecule has 150 valence electrons. The first-order valence-electron chi connectivity index (χ1n) is 8.73. The summed E-state index contributed by atoms with van der Waals surface area (Å²) in [4.78, 5) is 16.5. The molecule has 1 N–H and O–H groups in total. The average molecular weight is 477 g/mol. The van der Waals surface area contributed by atoms with Gasteiger partial charge in [0.1, 0.15) is 11.1 Å². The summed E-state index contributed by atoms with van der Waals surface area (Å²) in [6.07, 6.45) is 2.99. The van der Waals surface area contributed by atoms with Crippen LogP contribution in [0.15, 0.2) is 76.4 Å². The van der Waals surface area contributed by atoms with Crippen molar-refractivity contribution >= 4 is 31.7 Å². The lowest BCUT2D eigenvalue weighted by molar-refractivity contribution is 0.0953. The second kappa shape index (κ2) is 8.84. The number of pyridine rings is 1. The van der Waals surface area contributed by atoms with E-state index in [-0.39, 0.29) is 17.0 Å². The van der Waals surface area contributed by atoms with E-state index in [0.29, 0.717) is 11.1 Å². The predicted molar refractivity (Wildman–Crippen MR) is 112 cm³/mol. The van der Waals surface area contributed by atoms with E-state index in [1.165, 1.54) is 31.5 Å². The highest BCUT2D eigenvalue weighted by molar-refractivity contribution is 9.10. The van der Waals surface area contributed by atoms with E-state index in [1.807, 2.05) is 0 Å². The van der Waals surface area contributed by atoms with Crippen molar-refractivity contribution in [1.29, 1.82) is 0 Å². The van der Waals surface area contributed by atoms with Gasteiger partial charge in [-0.2, -0.15) is 0 Å². The molecular weight excluding hydrogens is 459 g/mol. The van der Waals surface area contributed by atoms with Gasteiger partial charge in [-0.1, -0.05) is 28.1 Å². The molecule has 8 heteroatoms. The number of nitrogens with zero attached hydrogens (tertiary/aromatic N) is 1. The van der Waals surface area contributed by atoms with Crippen molar-refractivity contribution in [3.05, 3.63) is 94.0 Å². The Morgan fingerprint density at radius 2 is 1.97 bits per heavy atom. The van der Waals surface area contributed by atoms with Gasteiger partial charge in [-0.15, -0.1) is 0 Å². The van der Waals surface area contributed by atoms with Gasteiger partial charge in [0, 0.05) is 29.0 Å². The second-order valence-electron chi connectivity index (χ2n) is 6.45. The van der Waals surface area contributed by atoms with Crippen molar-refractivity contribution in [2.45, 2.75) is 17.1 Å². The fourth-order valence-electron chi connectivity index (χ4n) is 2.85. The molecule has 3 rings (SSSR count). The molecule has 0 aliphatic carbocycles. The molecule has 1 atom stereocenters. The van der Waals surface area contributed by atoms with Crippen LogP contribution in [0, 0.1) is 12.7 Å². The molecule has 1 amide bonds. The van der Waals surface area contributed by atoms with Gasteiger partial charge in [0.2, 0.25) is 0 Å². The van der Waals surface area contributed by atoms with Crippen LogP contribution in [0.4, 0.5) is 4.39 Å². The van der Waals surface area contributed by atoms with Gasteiger partial charge in [0.15, 0.2) is 9.84 Å². The molecular formula is C21H18BrFN2O3S. The number of halogens is 2. The smallest absolute Gasteiger partial charge is 0.251 e. The van der Waals surface area contributed by atoms with Crippen molar-refractivity contribution < 1.29 is 17.6 Å². The van der Waals surface area contributed by atoms with E-state index >= 15 is 0 Å². The number of carbonyl (C=O) groups excluding carboxylic acids is 1. The molecule has 0 fully saturated rings. The Morgan fingerprint density at radius 3 is 2.62 bits per heavy atom. The summed E-state index contributed by atoms with van der Waals surface area (Å²) >= 11 is 3.31. The van der Waals surface area contributed by atoms with Gasteiger partial charge in [-0.25, -0.2) is 12.8 Å². The fraction of sp³-hybridized carbons (Fsp3) is 0.143. The molecule has 0 aliphatic heterocycles. The number of benzene rings is 2. The zero-order valence-electron chi connectivity index (χ0n) is 15.5. The number of sulfone groups is 1. The summed E-state index contributed by atoms with van der Waals surface area (Å²) in [5.74, 6) is -0.879. The number of hydrogen-bond donors (Lipinski definition) is 1. The summed E-state index contributed by atoms with van der Waals surface area (Å²) in [6, 6.07) is 13.7. The lowest BCUT2D eigenvalue weighted by atomic mass is 10.2. The van der Waals surface area contributed by atoms with Crippen LogP contribution in [0.2, 0.25) is 0 Å². The summed E-state index contributed by atoms with van der Waals surface area (Å²) in [6.45, 7) is 1.35. The van der Waals surface area contributed by atoms with E-state index in [0.717, 1.165) is 10.5 Å². The Hall–Kier alpha value is -2.58. The van der Waals surface area contributed by atoms with E-state index in [2.05, 4.69) is 26.2 Å². The molecule has 3 aromatic rings. The maximum atomic E-state index is 13.6. The van der Waals surface area contributed by atoms with E-state index < -0.39 is 26.8 Å². The standard InChI is InChI=1S/C21H18BrFN2O3S/c1-14-10-18(7-8-19(14)23)29(27,28)20(16-5-3-9-24-12-16)13-25-21(26)15-4-2-6-17(22)11-15/h2-12,20H,13H2,1H3,(H,25,26). The quantitative estimate of drug-likeness (QED) is 0.539. The van der Waals surface area contributed by atoms with Crippen LogP contribution in [0.5, 0.6) is 0 Å². The monoisotopic (exact) mass is 476 g/mol. The molecule has 1 aromatic heterocycles. The molecule has 0 radical (unpaired) electrons. The van der Waals surface area contributed by atoms with Crippen LogP contribution in [0.25, 0.3) is 0 Å². The van der Waals surface area contributed by atoms with E-state index in [9.17, 15) is 17.6 Å². The molecule has 29 heavy (non-hydrogen) atoms. The molecule has 0 saturated carbocycles. The van der Waals surface area contributed by atoms with Gasteiger partial charge in [-0.05, 0) is 60.5 Å². The third-order valence-electron chi connectivity index (χ3n) is 4.42. The third kappa shape index (κ3) is 4.89. The minimum absolute atomic E-state index is 0.0121. The number of carbonyl (C=O) groups is 1. The number of aryl methyl sites for hydroxylation is 1. The molecule has 5 nitrogen and oxygen atoms in total. The van der Waals surface area contributed by atoms with Gasteiger partial charge < -0.3 is 5.32 Å². The van der Waals surface area contributed by atoms with Crippen LogP contribution in [-0.2, 0) is 9.84 Å². The molecule has 0 bridgehead atoms. The van der Waals surface area contributed by atoms with Crippen LogP contribution in [0.1, 0.15) is 26.7 Å². The van der Waals surface area contributed by atoms with E-state index in [4.69, 9.17) is 0 Å². The normalized spacial score (nSPS) is 12.4. The molecule has 0 aliphatic rings. The zero-order valence-corrected chi connectivity index (χ0v) is 17.9. The molecule has 1 heterocycles. The predicted octanol–water partition coefficient (Wildman–Crippen LogP) is 4.24. The average Bonchev–Trinajstić information content (AvgIpc) is 2.70. The molecule has 1 unspecified atom stereocenters. The Balaban J connectivity index is 1.93. The van der Waals surface area contributed by atoms with Crippen molar-refractivity contribution in [1.82, 2.24) is 10.3 Å². The highest BCUT2D eigenvalue weighted by Crippen LogP contribution is 2.29. The number of rotatable bonds is 6. The Kier molecular flexibility index (Phi) is 6.44. The largest absolute Gasteiger partial charge is 0.350 e. The first-order valence-corrected chi connectivity index (χ1v) is 11.1. The molecule has 0 spiro atoms. The number of amides is 1. The highest BCUT2D eigenvalue weighted by atomic mass is 79.9. The Bertz CT molecular complexity index is 1140. The van der Waals surface area contributed by atoms with E-state index in [1.54, 1.807) is 36.4 Å². The summed E-state index contributed by atoms with van der Waals surface area (Å²) in [7, 11) is -3.91. The lowest BCUT2D eigenvalue weighted by Gasteiger charge is -2.19. The van der Waals surface area contributed by atoms with Crippen LogP contribution in [-0.4, -0.2) is 25.9 Å². The third-order valence-corrected chi connectivity index (χ3v) is 7.02. The fourth-order valence-corrected chi connectivity index (χ4v) is 4.98. The minimum Gasteiger partial charge on any atom is -0.350 e. The van der Waals surface area contributed by atoms with Gasteiger partial charge >= 0.3 is 0 Å². The number of nitrogens with one attached hydrogen (secondary N) is 1. The van der Waals surface area contributed by atoms with Crippen molar-refractivity contribution in [2.24, 2.45) is 0 Å². The SMILES string of the molecule is Cc1cc(S(=O)(=O)C(CNC(=O)c2cccc(Br)c2)c2cccnc2)ccc1F. The molecule has 2 aromatic carbocycles. The maximum Gasteiger partial charge on any atom is 0.251 e. The van der Waals surface area contributed by atoms with Crippen molar-refractivity contribution in [3.63, 3.8) is 0 Å². The minimum atomic E-state index is -3.91. The van der Waals surface area contributed by atoms with Gasteiger partial charge in [0.05, 0.1) is 4.90 Å². The van der Waals surface area contributed by atoms with Crippen LogP contribution >= 0.6 is 15.9 Å². The molecule has 0 saturated heterocycles. The lowest BCUT2D eigenvalue weighted by Crippen LogP contribution is -2.32. The Morgan fingerprint density at radius 1 is 1.17 bits per heavy atom. The van der Waals surface area contributed by atoms with Crippen LogP contribution < -0.4 is 5.32 Å². The zero-order chi connectivity index (χ0) is 21.0. The maximum absolute atomic E-state index is 13.6. The second-order valence-corrected chi connectivity index (χ2v) is 9.50. The number of hydrogen-bond acceptors (Lipinski definition) is 4. The highest BCUT2D eigenvalue weighted by Gasteiger charge is 2.30. The Labute approximate surface area is 177 Å². The first kappa shape index (κ1) is 21.1. The summed E-state index contributed by atoms with van der Waals surface area (Å²) in [5, 5.41) is 1.61. The summed E-state index contributed by atoms with van der Waals surface area (Å²) < 4.78 is 40.9. The van der Waals surface area contributed by atoms with Gasteiger partial charge in [-0.3, -0.25) is 9.78 Å². The van der Waals surface area contributed by atoms with Gasteiger partial charge in [0.25, 0.3) is 5.91 Å².